The Kier molecular flexibility index (Phi) is 5.42. The highest BCUT2D eigenvalue weighted by Crippen LogP contribution is 2.37. The summed E-state index contributed by atoms with van der Waals surface area (Å²) in [5.74, 6) is 0.201. The Bertz CT molecular complexity index is 633. The van der Waals surface area contributed by atoms with E-state index in [0.29, 0.717) is 11.5 Å². The van der Waals surface area contributed by atoms with E-state index >= 15 is 0 Å². The molecule has 0 saturated carbocycles. The molecule has 5 heteroatoms. The molecule has 0 aliphatic carbocycles. The van der Waals surface area contributed by atoms with Crippen molar-refractivity contribution in [3.05, 3.63) is 29.8 Å². The van der Waals surface area contributed by atoms with Crippen LogP contribution >= 0.6 is 0 Å². The molecule has 0 radical (unpaired) electrons. The van der Waals surface area contributed by atoms with Gasteiger partial charge in [0.25, 0.3) is 5.91 Å². The molecule has 0 bridgehead atoms. The van der Waals surface area contributed by atoms with Gasteiger partial charge >= 0.3 is 0 Å². The largest absolute Gasteiger partial charge is 0.369 e. The van der Waals surface area contributed by atoms with Crippen molar-refractivity contribution in [3.63, 3.8) is 0 Å². The molecule has 1 aromatic carbocycles. The van der Waals surface area contributed by atoms with Crippen LogP contribution in [0.15, 0.2) is 24.3 Å². The summed E-state index contributed by atoms with van der Waals surface area (Å²) < 4.78 is 0. The highest BCUT2D eigenvalue weighted by molar-refractivity contribution is 5.94. The van der Waals surface area contributed by atoms with Gasteiger partial charge in [-0.2, -0.15) is 0 Å². The summed E-state index contributed by atoms with van der Waals surface area (Å²) in [4.78, 5) is 19.9. The first-order valence-corrected chi connectivity index (χ1v) is 10.7. The summed E-state index contributed by atoms with van der Waals surface area (Å²) in [6.07, 6.45) is 3.56. The van der Waals surface area contributed by atoms with E-state index in [9.17, 15) is 4.79 Å². The minimum Gasteiger partial charge on any atom is -0.369 e. The SMILES string of the molecule is CC(C)N1CCN(c2ccc(C(=O)N3CCC4(CCNC4)CC3)cc2)CC1. The average molecular weight is 371 g/mol. The zero-order chi connectivity index (χ0) is 18.9. The van der Waals surface area contributed by atoms with Crippen LogP contribution in [0, 0.1) is 5.41 Å². The van der Waals surface area contributed by atoms with Crippen molar-refractivity contribution in [2.75, 3.05) is 57.3 Å². The molecule has 0 unspecified atom stereocenters. The number of carbonyl (C=O) groups is 1. The van der Waals surface area contributed by atoms with Crippen LogP contribution in [-0.2, 0) is 0 Å². The smallest absolute Gasteiger partial charge is 0.253 e. The molecular formula is C22H34N4O. The van der Waals surface area contributed by atoms with Gasteiger partial charge in [0.1, 0.15) is 0 Å². The fourth-order valence-electron chi connectivity index (χ4n) is 4.90. The van der Waals surface area contributed by atoms with E-state index in [1.165, 1.54) is 12.1 Å². The number of hydrogen-bond donors (Lipinski definition) is 1. The maximum atomic E-state index is 12.9. The van der Waals surface area contributed by atoms with Gasteiger partial charge in [0, 0.05) is 63.1 Å². The number of nitrogens with zero attached hydrogens (tertiary/aromatic N) is 3. The zero-order valence-electron chi connectivity index (χ0n) is 16.9. The first-order valence-electron chi connectivity index (χ1n) is 10.7. The molecule has 1 amide bonds. The fraction of sp³-hybridized carbons (Fsp3) is 0.682. The Morgan fingerprint density at radius 1 is 0.963 bits per heavy atom. The van der Waals surface area contributed by atoms with E-state index in [1.807, 2.05) is 12.1 Å². The van der Waals surface area contributed by atoms with Gasteiger partial charge in [-0.1, -0.05) is 0 Å². The van der Waals surface area contributed by atoms with Crippen LogP contribution in [0.4, 0.5) is 5.69 Å². The summed E-state index contributed by atoms with van der Waals surface area (Å²) in [6, 6.07) is 8.92. The molecule has 0 aromatic heterocycles. The Balaban J connectivity index is 1.33. The van der Waals surface area contributed by atoms with E-state index in [2.05, 4.69) is 46.0 Å². The van der Waals surface area contributed by atoms with Crippen LogP contribution in [0.25, 0.3) is 0 Å². The lowest BCUT2D eigenvalue weighted by Crippen LogP contribution is -2.48. The molecular weight excluding hydrogens is 336 g/mol. The van der Waals surface area contributed by atoms with E-state index in [1.54, 1.807) is 0 Å². The predicted octanol–water partition coefficient (Wildman–Crippen LogP) is 2.43. The number of anilines is 1. The molecule has 0 atom stereocenters. The quantitative estimate of drug-likeness (QED) is 0.887. The highest BCUT2D eigenvalue weighted by Gasteiger charge is 2.38. The lowest BCUT2D eigenvalue weighted by Gasteiger charge is -2.39. The number of nitrogens with one attached hydrogen (secondary N) is 1. The molecule has 1 aromatic rings. The lowest BCUT2D eigenvalue weighted by molar-refractivity contribution is 0.0607. The molecule has 3 aliphatic heterocycles. The van der Waals surface area contributed by atoms with Crippen molar-refractivity contribution in [1.29, 1.82) is 0 Å². The number of piperidine rings is 1. The number of benzene rings is 1. The minimum absolute atomic E-state index is 0.201. The zero-order valence-corrected chi connectivity index (χ0v) is 16.9. The van der Waals surface area contributed by atoms with Gasteiger partial charge < -0.3 is 15.1 Å². The molecule has 1 spiro atoms. The van der Waals surface area contributed by atoms with Gasteiger partial charge in [-0.3, -0.25) is 9.69 Å². The Morgan fingerprint density at radius 2 is 1.63 bits per heavy atom. The second-order valence-corrected chi connectivity index (χ2v) is 8.88. The van der Waals surface area contributed by atoms with Gasteiger partial charge in [-0.05, 0) is 69.3 Å². The molecule has 148 valence electrons. The molecule has 1 N–H and O–H groups in total. The Hall–Kier alpha value is -1.59. The summed E-state index contributed by atoms with van der Waals surface area (Å²) >= 11 is 0. The number of hydrogen-bond acceptors (Lipinski definition) is 4. The molecule has 4 rings (SSSR count). The van der Waals surface area contributed by atoms with Crippen LogP contribution in [0.5, 0.6) is 0 Å². The van der Waals surface area contributed by atoms with Crippen LogP contribution in [0.1, 0.15) is 43.5 Å². The standard InChI is InChI=1S/C22H34N4O/c1-18(2)24-13-15-25(16-14-24)20-5-3-19(4-6-20)21(27)26-11-8-22(9-12-26)7-10-23-17-22/h3-6,18,23H,7-17H2,1-2H3. The van der Waals surface area contributed by atoms with Gasteiger partial charge in [0.15, 0.2) is 0 Å². The molecule has 3 saturated heterocycles. The third-order valence-corrected chi connectivity index (χ3v) is 6.97. The molecule has 3 fully saturated rings. The molecule has 5 nitrogen and oxygen atoms in total. The maximum Gasteiger partial charge on any atom is 0.253 e. The number of amides is 1. The Morgan fingerprint density at radius 3 is 2.19 bits per heavy atom. The molecule has 27 heavy (non-hydrogen) atoms. The molecule has 3 heterocycles. The van der Waals surface area contributed by atoms with E-state index in [4.69, 9.17) is 0 Å². The topological polar surface area (TPSA) is 38.8 Å². The second kappa shape index (κ2) is 7.80. The van der Waals surface area contributed by atoms with Gasteiger partial charge in [0.2, 0.25) is 0 Å². The van der Waals surface area contributed by atoms with Crippen molar-refractivity contribution in [2.45, 2.75) is 39.2 Å². The van der Waals surface area contributed by atoms with Crippen LogP contribution in [0.2, 0.25) is 0 Å². The van der Waals surface area contributed by atoms with Crippen molar-refractivity contribution in [3.8, 4) is 0 Å². The van der Waals surface area contributed by atoms with Crippen LogP contribution in [-0.4, -0.2) is 74.1 Å². The first-order chi connectivity index (χ1) is 13.1. The van der Waals surface area contributed by atoms with Gasteiger partial charge in [0.05, 0.1) is 0 Å². The van der Waals surface area contributed by atoms with E-state index in [-0.39, 0.29) is 5.91 Å². The van der Waals surface area contributed by atoms with E-state index in [0.717, 1.165) is 70.8 Å². The number of rotatable bonds is 3. The third-order valence-electron chi connectivity index (χ3n) is 6.97. The van der Waals surface area contributed by atoms with Crippen molar-refractivity contribution >= 4 is 11.6 Å². The summed E-state index contributed by atoms with van der Waals surface area (Å²) in [7, 11) is 0. The number of carbonyl (C=O) groups excluding carboxylic acids is 1. The van der Waals surface area contributed by atoms with Crippen molar-refractivity contribution < 1.29 is 4.79 Å². The monoisotopic (exact) mass is 370 g/mol. The lowest BCUT2D eigenvalue weighted by atomic mass is 9.78. The Labute approximate surface area is 163 Å². The van der Waals surface area contributed by atoms with Crippen molar-refractivity contribution in [1.82, 2.24) is 15.1 Å². The first kappa shape index (κ1) is 18.8. The van der Waals surface area contributed by atoms with Crippen LogP contribution in [0.3, 0.4) is 0 Å². The molecule has 3 aliphatic rings. The van der Waals surface area contributed by atoms with Crippen molar-refractivity contribution in [2.24, 2.45) is 5.41 Å². The van der Waals surface area contributed by atoms with Gasteiger partial charge in [-0.15, -0.1) is 0 Å². The third kappa shape index (κ3) is 3.99. The summed E-state index contributed by atoms with van der Waals surface area (Å²) in [6.45, 7) is 13.0. The summed E-state index contributed by atoms with van der Waals surface area (Å²) in [5.41, 5.74) is 2.53. The fourth-order valence-corrected chi connectivity index (χ4v) is 4.90. The minimum atomic E-state index is 0.201. The van der Waals surface area contributed by atoms with E-state index < -0.39 is 0 Å². The van der Waals surface area contributed by atoms with Gasteiger partial charge in [-0.25, -0.2) is 0 Å². The maximum absolute atomic E-state index is 12.9. The number of likely N-dealkylation sites (tertiary alicyclic amines) is 1. The summed E-state index contributed by atoms with van der Waals surface area (Å²) in [5, 5.41) is 3.49. The normalized spacial score (nSPS) is 23.4. The predicted molar refractivity (Wildman–Crippen MR) is 110 cm³/mol. The van der Waals surface area contributed by atoms with Crippen LogP contribution < -0.4 is 10.2 Å². The average Bonchev–Trinajstić information content (AvgIpc) is 3.16. The highest BCUT2D eigenvalue weighted by atomic mass is 16.2. The second-order valence-electron chi connectivity index (χ2n) is 8.88. The number of piperazine rings is 1.